The molecule has 1 rings (SSSR count). The normalized spacial score (nSPS) is 11.2. The molecule has 0 saturated heterocycles. The molecule has 0 fully saturated rings. The standard InChI is InChI=1S/C19H33INO7/c1-22-10-8-21(20-16-23-2)9-11-26-12-13-27-14-15-28-19-17(24-3)6-5-7-18(19)25-4/h5-7H,8-16H2,1-4H3/q-1. The Morgan fingerprint density at radius 1 is 0.750 bits per heavy atom. The first-order valence-corrected chi connectivity index (χ1v) is 11.6. The summed E-state index contributed by atoms with van der Waals surface area (Å²) in [4.78, 5) is 0. The van der Waals surface area contributed by atoms with Crippen LogP contribution in [0.4, 0.5) is 0 Å². The minimum atomic E-state index is -0.137. The van der Waals surface area contributed by atoms with Crippen LogP contribution in [-0.4, -0.2) is 88.9 Å². The van der Waals surface area contributed by atoms with Gasteiger partial charge in [-0.05, 0) is 12.1 Å². The average Bonchev–Trinajstić information content (AvgIpc) is 2.73. The summed E-state index contributed by atoms with van der Waals surface area (Å²) in [5.41, 5.74) is 0. The number of para-hydroxylation sites is 1. The van der Waals surface area contributed by atoms with E-state index in [4.69, 9.17) is 33.2 Å². The van der Waals surface area contributed by atoms with Crippen molar-refractivity contribution in [2.24, 2.45) is 0 Å². The topological polar surface area (TPSA) is 67.9 Å². The van der Waals surface area contributed by atoms with E-state index in [-0.39, 0.29) is 21.5 Å². The summed E-state index contributed by atoms with van der Waals surface area (Å²) in [5, 5.41) is 0. The Kier molecular flexibility index (Phi) is 15.3. The molecule has 1 aromatic carbocycles. The van der Waals surface area contributed by atoms with Gasteiger partial charge in [0.05, 0.1) is 14.2 Å². The molecule has 28 heavy (non-hydrogen) atoms. The molecule has 0 radical (unpaired) electrons. The van der Waals surface area contributed by atoms with Crippen LogP contribution in [0.3, 0.4) is 0 Å². The molecular formula is C19H33INO7-. The molecule has 8 nitrogen and oxygen atoms in total. The number of rotatable bonds is 18. The second-order valence-electron chi connectivity index (χ2n) is 5.48. The molecule has 0 heterocycles. The number of benzene rings is 1. The van der Waals surface area contributed by atoms with Crippen molar-refractivity contribution in [1.29, 1.82) is 0 Å². The predicted molar refractivity (Wildman–Crippen MR) is 102 cm³/mol. The van der Waals surface area contributed by atoms with Gasteiger partial charge < -0.3 is 9.47 Å². The second kappa shape index (κ2) is 17.0. The van der Waals surface area contributed by atoms with Crippen LogP contribution >= 0.6 is 0 Å². The second-order valence-corrected chi connectivity index (χ2v) is 8.15. The van der Waals surface area contributed by atoms with Crippen molar-refractivity contribution in [2.45, 2.75) is 0 Å². The number of hydrogen-bond acceptors (Lipinski definition) is 8. The summed E-state index contributed by atoms with van der Waals surface area (Å²) >= 11 is -0.137. The summed E-state index contributed by atoms with van der Waals surface area (Å²) in [6.07, 6.45) is 0. The number of methoxy groups -OCH3 is 4. The zero-order valence-electron chi connectivity index (χ0n) is 17.3. The molecule has 164 valence electrons. The van der Waals surface area contributed by atoms with Crippen LogP contribution in [0.15, 0.2) is 18.2 Å². The van der Waals surface area contributed by atoms with Gasteiger partial charge in [0.15, 0.2) is 0 Å². The Bertz CT molecular complexity index is 477. The van der Waals surface area contributed by atoms with Gasteiger partial charge in [-0.1, -0.05) is 6.07 Å². The van der Waals surface area contributed by atoms with E-state index >= 15 is 0 Å². The molecular weight excluding hydrogens is 481 g/mol. The maximum absolute atomic E-state index is 5.74. The summed E-state index contributed by atoms with van der Waals surface area (Å²) in [6.45, 7) is 5.14. The molecule has 0 aromatic heterocycles. The minimum absolute atomic E-state index is 0.137. The van der Waals surface area contributed by atoms with Crippen LogP contribution < -0.4 is 35.7 Å². The Labute approximate surface area is 178 Å². The molecule has 0 saturated carbocycles. The Balaban J connectivity index is 2.12. The van der Waals surface area contributed by atoms with Crippen molar-refractivity contribution in [3.63, 3.8) is 0 Å². The van der Waals surface area contributed by atoms with Crippen LogP contribution in [0.5, 0.6) is 17.2 Å². The number of ether oxygens (including phenoxy) is 7. The number of alkyl halides is 1. The summed E-state index contributed by atoms with van der Waals surface area (Å²) < 4.78 is 41.0. The van der Waals surface area contributed by atoms with E-state index in [1.54, 1.807) is 28.4 Å². The summed E-state index contributed by atoms with van der Waals surface area (Å²) in [5.74, 6) is 1.86. The molecule has 0 atom stereocenters. The maximum atomic E-state index is 5.74. The van der Waals surface area contributed by atoms with Crippen molar-refractivity contribution < 1.29 is 54.6 Å². The third kappa shape index (κ3) is 10.6. The van der Waals surface area contributed by atoms with Crippen molar-refractivity contribution in [3.8, 4) is 17.2 Å². The van der Waals surface area contributed by atoms with E-state index in [0.29, 0.717) is 50.3 Å². The molecule has 0 spiro atoms. The molecule has 9 heteroatoms. The van der Waals surface area contributed by atoms with E-state index in [1.807, 2.05) is 18.2 Å². The first kappa shape index (κ1) is 25.2. The fourth-order valence-electron chi connectivity index (χ4n) is 2.19. The Hall–Kier alpha value is -0.850. The Morgan fingerprint density at radius 3 is 1.96 bits per heavy atom. The van der Waals surface area contributed by atoms with Crippen LogP contribution in [0, 0.1) is 0 Å². The van der Waals surface area contributed by atoms with Crippen molar-refractivity contribution >= 4 is 0 Å². The molecule has 0 N–H and O–H groups in total. The third-order valence-electron chi connectivity index (χ3n) is 3.57. The fourth-order valence-corrected chi connectivity index (χ4v) is 3.94. The van der Waals surface area contributed by atoms with Crippen LogP contribution in [0.2, 0.25) is 0 Å². The van der Waals surface area contributed by atoms with E-state index in [9.17, 15) is 0 Å². The quantitative estimate of drug-likeness (QED) is 0.103. The van der Waals surface area contributed by atoms with Gasteiger partial charge in [-0.15, -0.1) is 0 Å². The molecule has 0 aliphatic heterocycles. The van der Waals surface area contributed by atoms with Crippen molar-refractivity contribution in [1.82, 2.24) is 3.11 Å². The Morgan fingerprint density at radius 2 is 1.36 bits per heavy atom. The van der Waals surface area contributed by atoms with Gasteiger partial charge in [0.2, 0.25) is 0 Å². The van der Waals surface area contributed by atoms with Crippen LogP contribution in [-0.2, 0) is 18.9 Å². The first-order valence-electron chi connectivity index (χ1n) is 9.08. The average molecular weight is 514 g/mol. The van der Waals surface area contributed by atoms with Crippen molar-refractivity contribution in [3.05, 3.63) is 18.2 Å². The zero-order chi connectivity index (χ0) is 20.5. The van der Waals surface area contributed by atoms with Gasteiger partial charge in [-0.3, -0.25) is 0 Å². The number of hydrogen-bond donors (Lipinski definition) is 0. The summed E-state index contributed by atoms with van der Waals surface area (Å²) in [6, 6.07) is 5.51. The van der Waals surface area contributed by atoms with Crippen LogP contribution in [0.25, 0.3) is 0 Å². The van der Waals surface area contributed by atoms with Crippen molar-refractivity contribution in [2.75, 3.05) is 85.8 Å². The summed E-state index contributed by atoms with van der Waals surface area (Å²) in [7, 11) is 6.65. The number of nitrogens with zero attached hydrogens (tertiary/aromatic N) is 1. The molecule has 0 aliphatic rings. The predicted octanol–water partition coefficient (Wildman–Crippen LogP) is -1.33. The number of halogens is 1. The molecule has 0 aliphatic carbocycles. The first-order chi connectivity index (χ1) is 13.8. The molecule has 1 aromatic rings. The molecule has 0 bridgehead atoms. The van der Waals surface area contributed by atoms with E-state index in [0.717, 1.165) is 24.3 Å². The van der Waals surface area contributed by atoms with Gasteiger partial charge in [0.25, 0.3) is 0 Å². The monoisotopic (exact) mass is 514 g/mol. The van der Waals surface area contributed by atoms with Gasteiger partial charge in [-0.2, -0.15) is 0 Å². The zero-order valence-corrected chi connectivity index (χ0v) is 19.4. The van der Waals surface area contributed by atoms with E-state index < -0.39 is 0 Å². The SMILES string of the molecule is COCCN(CCOCCOCCOc1c(OC)cccc1OC)[I-]COC. The van der Waals surface area contributed by atoms with Gasteiger partial charge in [0.1, 0.15) is 0 Å². The third-order valence-corrected chi connectivity index (χ3v) is 6.40. The molecule has 0 amide bonds. The van der Waals surface area contributed by atoms with Gasteiger partial charge in [0, 0.05) is 0 Å². The van der Waals surface area contributed by atoms with E-state index in [2.05, 4.69) is 3.11 Å². The fraction of sp³-hybridized carbons (Fsp3) is 0.684. The molecule has 0 unspecified atom stereocenters. The van der Waals surface area contributed by atoms with E-state index in [1.165, 1.54) is 0 Å². The van der Waals surface area contributed by atoms with Crippen LogP contribution in [0.1, 0.15) is 0 Å². The van der Waals surface area contributed by atoms with Gasteiger partial charge in [-0.25, -0.2) is 0 Å². The van der Waals surface area contributed by atoms with Gasteiger partial charge >= 0.3 is 137 Å².